The summed E-state index contributed by atoms with van der Waals surface area (Å²) in [6.07, 6.45) is 8.13. The van der Waals surface area contributed by atoms with Crippen LogP contribution in [0.3, 0.4) is 0 Å². The first kappa shape index (κ1) is 15.3. The van der Waals surface area contributed by atoms with E-state index in [-0.39, 0.29) is 6.09 Å². The van der Waals surface area contributed by atoms with E-state index in [1.54, 1.807) is 0 Å². The summed E-state index contributed by atoms with van der Waals surface area (Å²) in [6, 6.07) is 0.391. The van der Waals surface area contributed by atoms with Crippen molar-refractivity contribution in [2.45, 2.75) is 84.3 Å². The van der Waals surface area contributed by atoms with Gasteiger partial charge in [-0.05, 0) is 40.0 Å². The Bertz CT molecular complexity index is 258. The van der Waals surface area contributed by atoms with E-state index in [0.717, 1.165) is 25.8 Å². The van der Waals surface area contributed by atoms with E-state index in [1.165, 1.54) is 25.7 Å². The van der Waals surface area contributed by atoms with Gasteiger partial charge in [0.05, 0.1) is 0 Å². The average Bonchev–Trinajstić information content (AvgIpc) is 2.48. The van der Waals surface area contributed by atoms with Crippen LogP contribution in [-0.4, -0.2) is 29.2 Å². The highest BCUT2D eigenvalue weighted by molar-refractivity contribution is 5.68. The van der Waals surface area contributed by atoms with Crippen molar-refractivity contribution in [3.8, 4) is 0 Å². The third-order valence-electron chi connectivity index (χ3n) is 3.40. The first-order valence-electron chi connectivity index (χ1n) is 7.43. The molecule has 1 saturated heterocycles. The van der Waals surface area contributed by atoms with Crippen molar-refractivity contribution in [1.82, 2.24) is 4.90 Å². The minimum absolute atomic E-state index is 0.120. The molecule has 1 aliphatic heterocycles. The molecule has 0 saturated carbocycles. The number of nitrogens with zero attached hydrogens (tertiary/aromatic N) is 1. The fourth-order valence-electron chi connectivity index (χ4n) is 2.48. The Hall–Kier alpha value is -0.730. The smallest absolute Gasteiger partial charge is 0.410 e. The highest BCUT2D eigenvalue weighted by Crippen LogP contribution is 2.23. The Kier molecular flexibility index (Phi) is 5.97. The molecule has 0 N–H and O–H groups in total. The predicted octanol–water partition coefficient (Wildman–Crippen LogP) is 4.36. The third-order valence-corrected chi connectivity index (χ3v) is 3.40. The van der Waals surface area contributed by atoms with Crippen molar-refractivity contribution < 1.29 is 9.53 Å². The van der Waals surface area contributed by atoms with E-state index >= 15 is 0 Å². The Morgan fingerprint density at radius 3 is 2.61 bits per heavy atom. The molecule has 1 fully saturated rings. The third kappa shape index (κ3) is 5.28. The van der Waals surface area contributed by atoms with Gasteiger partial charge in [-0.25, -0.2) is 4.79 Å². The van der Waals surface area contributed by atoms with Crippen LogP contribution in [0.25, 0.3) is 0 Å². The molecule has 1 rings (SSSR count). The minimum Gasteiger partial charge on any atom is -0.444 e. The topological polar surface area (TPSA) is 29.5 Å². The fourth-order valence-corrected chi connectivity index (χ4v) is 2.48. The predicted molar refractivity (Wildman–Crippen MR) is 74.7 cm³/mol. The zero-order valence-corrected chi connectivity index (χ0v) is 12.5. The summed E-state index contributed by atoms with van der Waals surface area (Å²) in [5, 5.41) is 0. The largest absolute Gasteiger partial charge is 0.444 e. The second kappa shape index (κ2) is 7.01. The van der Waals surface area contributed by atoms with Gasteiger partial charge in [-0.2, -0.15) is 0 Å². The molecule has 0 aromatic heterocycles. The van der Waals surface area contributed by atoms with Gasteiger partial charge in [0.1, 0.15) is 5.60 Å². The minimum atomic E-state index is -0.390. The molecule has 1 aliphatic rings. The van der Waals surface area contributed by atoms with Gasteiger partial charge in [-0.3, -0.25) is 0 Å². The Morgan fingerprint density at radius 2 is 2.00 bits per heavy atom. The SMILES string of the molecule is CCCCC1CCCCCN1C(=O)OC(C)(C)C. The van der Waals surface area contributed by atoms with Gasteiger partial charge < -0.3 is 9.64 Å². The van der Waals surface area contributed by atoms with Crippen molar-refractivity contribution in [1.29, 1.82) is 0 Å². The zero-order chi connectivity index (χ0) is 13.6. The Labute approximate surface area is 112 Å². The number of carbonyl (C=O) groups is 1. The van der Waals surface area contributed by atoms with Crippen molar-refractivity contribution in [3.63, 3.8) is 0 Å². The monoisotopic (exact) mass is 255 g/mol. The lowest BCUT2D eigenvalue weighted by atomic mass is 10.0. The molecule has 18 heavy (non-hydrogen) atoms. The summed E-state index contributed by atoms with van der Waals surface area (Å²) in [5.41, 5.74) is -0.390. The highest BCUT2D eigenvalue weighted by Gasteiger charge is 2.28. The molecule has 1 amide bonds. The molecular weight excluding hydrogens is 226 g/mol. The lowest BCUT2D eigenvalue weighted by Crippen LogP contribution is -2.43. The molecule has 106 valence electrons. The van der Waals surface area contributed by atoms with Crippen molar-refractivity contribution in [2.75, 3.05) is 6.54 Å². The summed E-state index contributed by atoms with van der Waals surface area (Å²) in [4.78, 5) is 14.2. The van der Waals surface area contributed by atoms with Crippen LogP contribution in [0, 0.1) is 0 Å². The average molecular weight is 255 g/mol. The van der Waals surface area contributed by atoms with Crippen LogP contribution in [0.2, 0.25) is 0 Å². The highest BCUT2D eigenvalue weighted by atomic mass is 16.6. The molecule has 0 aromatic rings. The molecule has 3 heteroatoms. The lowest BCUT2D eigenvalue weighted by Gasteiger charge is -2.32. The zero-order valence-electron chi connectivity index (χ0n) is 12.5. The summed E-state index contributed by atoms with van der Waals surface area (Å²) in [7, 11) is 0. The van der Waals surface area contributed by atoms with Gasteiger partial charge in [0.2, 0.25) is 0 Å². The molecule has 1 unspecified atom stereocenters. The van der Waals surface area contributed by atoms with E-state index in [0.29, 0.717) is 6.04 Å². The molecule has 1 heterocycles. The van der Waals surface area contributed by atoms with Crippen LogP contribution in [0.5, 0.6) is 0 Å². The maximum Gasteiger partial charge on any atom is 0.410 e. The number of rotatable bonds is 3. The van der Waals surface area contributed by atoms with Crippen LogP contribution >= 0.6 is 0 Å². The number of unbranched alkanes of at least 4 members (excludes halogenated alkanes) is 1. The van der Waals surface area contributed by atoms with Crippen molar-refractivity contribution in [3.05, 3.63) is 0 Å². The first-order chi connectivity index (χ1) is 8.44. The van der Waals surface area contributed by atoms with Gasteiger partial charge in [0.25, 0.3) is 0 Å². The van der Waals surface area contributed by atoms with E-state index in [4.69, 9.17) is 4.74 Å². The second-order valence-electron chi connectivity index (χ2n) is 6.32. The Balaban J connectivity index is 2.63. The quantitative estimate of drug-likeness (QED) is 0.750. The van der Waals surface area contributed by atoms with Gasteiger partial charge in [-0.1, -0.05) is 32.6 Å². The van der Waals surface area contributed by atoms with Crippen molar-refractivity contribution >= 4 is 6.09 Å². The molecule has 3 nitrogen and oxygen atoms in total. The van der Waals surface area contributed by atoms with Crippen LogP contribution in [-0.2, 0) is 4.74 Å². The number of hydrogen-bond donors (Lipinski definition) is 0. The summed E-state index contributed by atoms with van der Waals surface area (Å²) in [6.45, 7) is 8.87. The van der Waals surface area contributed by atoms with E-state index in [9.17, 15) is 4.79 Å². The maximum atomic E-state index is 12.2. The van der Waals surface area contributed by atoms with Crippen LogP contribution in [0.4, 0.5) is 4.79 Å². The van der Waals surface area contributed by atoms with E-state index in [1.807, 2.05) is 25.7 Å². The molecule has 0 radical (unpaired) electrons. The van der Waals surface area contributed by atoms with Gasteiger partial charge in [0, 0.05) is 12.6 Å². The fraction of sp³-hybridized carbons (Fsp3) is 0.933. The molecule has 0 bridgehead atoms. The molecular formula is C15H29NO2. The Morgan fingerprint density at radius 1 is 1.28 bits per heavy atom. The summed E-state index contributed by atoms with van der Waals surface area (Å²) in [5.74, 6) is 0. The summed E-state index contributed by atoms with van der Waals surface area (Å²) < 4.78 is 5.53. The summed E-state index contributed by atoms with van der Waals surface area (Å²) >= 11 is 0. The standard InChI is InChI=1S/C15H29NO2/c1-5-6-10-13-11-8-7-9-12-16(13)14(17)18-15(2,3)4/h13H,5-12H2,1-4H3. The molecule has 1 atom stereocenters. The van der Waals surface area contributed by atoms with Crippen molar-refractivity contribution in [2.24, 2.45) is 0 Å². The van der Waals surface area contributed by atoms with Gasteiger partial charge in [0.15, 0.2) is 0 Å². The van der Waals surface area contributed by atoms with Gasteiger partial charge in [-0.15, -0.1) is 0 Å². The number of hydrogen-bond acceptors (Lipinski definition) is 2. The molecule has 0 aliphatic carbocycles. The number of ether oxygens (including phenoxy) is 1. The van der Waals surface area contributed by atoms with Crippen LogP contribution < -0.4 is 0 Å². The maximum absolute atomic E-state index is 12.2. The van der Waals surface area contributed by atoms with Gasteiger partial charge >= 0.3 is 6.09 Å². The van der Waals surface area contributed by atoms with E-state index in [2.05, 4.69) is 6.92 Å². The lowest BCUT2D eigenvalue weighted by molar-refractivity contribution is 0.0156. The first-order valence-corrected chi connectivity index (χ1v) is 7.43. The second-order valence-corrected chi connectivity index (χ2v) is 6.32. The molecule has 0 aromatic carbocycles. The van der Waals surface area contributed by atoms with Crippen LogP contribution in [0.1, 0.15) is 72.6 Å². The van der Waals surface area contributed by atoms with E-state index < -0.39 is 5.60 Å². The number of likely N-dealkylation sites (tertiary alicyclic amines) is 1. The number of amides is 1. The normalized spacial score (nSPS) is 21.6. The van der Waals surface area contributed by atoms with Crippen LogP contribution in [0.15, 0.2) is 0 Å². The molecule has 0 spiro atoms. The number of carbonyl (C=O) groups excluding carboxylic acids is 1.